The van der Waals surface area contributed by atoms with Crippen molar-refractivity contribution in [1.29, 1.82) is 0 Å². The van der Waals surface area contributed by atoms with E-state index in [1.807, 2.05) is 11.8 Å². The van der Waals surface area contributed by atoms with Gasteiger partial charge in [-0.1, -0.05) is 24.4 Å². The normalized spacial score (nSPS) is 15.0. The van der Waals surface area contributed by atoms with Crippen molar-refractivity contribution in [2.75, 3.05) is 20.8 Å². The third-order valence-corrected chi connectivity index (χ3v) is 4.33. The van der Waals surface area contributed by atoms with E-state index in [0.717, 1.165) is 12.8 Å². The number of benzene rings is 1. The number of ether oxygens (including phenoxy) is 2. The topological polar surface area (TPSA) is 38.8 Å². The van der Waals surface area contributed by atoms with Crippen LogP contribution < -0.4 is 9.47 Å². The minimum Gasteiger partial charge on any atom is -0.493 e. The Hall–Kier alpha value is -1.42. The van der Waals surface area contributed by atoms with Crippen molar-refractivity contribution in [3.8, 4) is 11.5 Å². The van der Waals surface area contributed by atoms with Gasteiger partial charge in [0.1, 0.15) is 0 Å². The summed E-state index contributed by atoms with van der Waals surface area (Å²) in [7, 11) is 3.07. The highest BCUT2D eigenvalue weighted by molar-refractivity contribution is 6.32. The molecule has 0 spiro atoms. The van der Waals surface area contributed by atoms with Gasteiger partial charge in [-0.3, -0.25) is 4.79 Å². The molecule has 116 valence electrons. The minimum absolute atomic E-state index is 0.00672. The Morgan fingerprint density at radius 3 is 2.48 bits per heavy atom. The molecular weight excluding hydrogens is 290 g/mol. The molecule has 0 aliphatic heterocycles. The zero-order valence-corrected chi connectivity index (χ0v) is 13.6. The molecule has 0 heterocycles. The van der Waals surface area contributed by atoms with E-state index in [1.54, 1.807) is 12.1 Å². The molecule has 0 saturated heterocycles. The number of amides is 1. The van der Waals surface area contributed by atoms with E-state index in [2.05, 4.69) is 0 Å². The molecule has 5 heteroatoms. The van der Waals surface area contributed by atoms with Crippen molar-refractivity contribution in [2.24, 2.45) is 0 Å². The molecular formula is C16H22ClNO3. The average molecular weight is 312 g/mol. The Bertz CT molecular complexity index is 512. The summed E-state index contributed by atoms with van der Waals surface area (Å²) < 4.78 is 10.5. The summed E-state index contributed by atoms with van der Waals surface area (Å²) in [6.07, 6.45) is 4.56. The van der Waals surface area contributed by atoms with Crippen molar-refractivity contribution in [1.82, 2.24) is 4.90 Å². The first-order valence-corrected chi connectivity index (χ1v) is 7.72. The quantitative estimate of drug-likeness (QED) is 0.831. The van der Waals surface area contributed by atoms with Gasteiger partial charge in [-0.05, 0) is 31.9 Å². The number of rotatable bonds is 5. The van der Waals surface area contributed by atoms with Crippen LogP contribution in [0.5, 0.6) is 11.5 Å². The Labute approximate surface area is 131 Å². The molecule has 0 radical (unpaired) electrons. The van der Waals surface area contributed by atoms with Gasteiger partial charge in [-0.25, -0.2) is 0 Å². The Kier molecular flexibility index (Phi) is 5.34. The second-order valence-electron chi connectivity index (χ2n) is 5.22. The summed E-state index contributed by atoms with van der Waals surface area (Å²) in [5, 5.41) is 0.391. The number of carbonyl (C=O) groups excluding carboxylic acids is 1. The van der Waals surface area contributed by atoms with E-state index in [1.165, 1.54) is 27.1 Å². The lowest BCUT2D eigenvalue weighted by Gasteiger charge is -2.28. The van der Waals surface area contributed by atoms with Gasteiger partial charge in [0.25, 0.3) is 5.91 Å². The highest BCUT2D eigenvalue weighted by atomic mass is 35.5. The van der Waals surface area contributed by atoms with Gasteiger partial charge >= 0.3 is 0 Å². The molecule has 2 rings (SSSR count). The van der Waals surface area contributed by atoms with Gasteiger partial charge in [0.05, 0.1) is 19.2 Å². The fourth-order valence-corrected chi connectivity index (χ4v) is 3.28. The number of carbonyl (C=O) groups is 1. The molecule has 1 saturated carbocycles. The molecule has 4 nitrogen and oxygen atoms in total. The molecule has 0 bridgehead atoms. The van der Waals surface area contributed by atoms with Crippen LogP contribution in [0.25, 0.3) is 0 Å². The van der Waals surface area contributed by atoms with E-state index >= 15 is 0 Å². The molecule has 1 aromatic carbocycles. The first-order valence-electron chi connectivity index (χ1n) is 7.34. The first kappa shape index (κ1) is 16.0. The second-order valence-corrected chi connectivity index (χ2v) is 5.63. The van der Waals surface area contributed by atoms with E-state index < -0.39 is 0 Å². The predicted molar refractivity (Wildman–Crippen MR) is 83.5 cm³/mol. The zero-order valence-electron chi connectivity index (χ0n) is 12.8. The van der Waals surface area contributed by atoms with Crippen LogP contribution in [0, 0.1) is 0 Å². The standard InChI is InChI=1S/C16H22ClNO3/c1-4-18(12-7-5-6-8-12)16(19)11-9-13(17)15(21-3)14(10-11)20-2/h9-10,12H,4-8H2,1-3H3. The lowest BCUT2D eigenvalue weighted by molar-refractivity contribution is 0.0693. The lowest BCUT2D eigenvalue weighted by Crippen LogP contribution is -2.38. The second kappa shape index (κ2) is 7.03. The van der Waals surface area contributed by atoms with Gasteiger partial charge in [0.15, 0.2) is 11.5 Å². The van der Waals surface area contributed by atoms with Crippen molar-refractivity contribution < 1.29 is 14.3 Å². The third-order valence-electron chi connectivity index (χ3n) is 4.05. The van der Waals surface area contributed by atoms with Gasteiger partial charge in [0.2, 0.25) is 0 Å². The lowest BCUT2D eigenvalue weighted by atomic mass is 10.1. The molecule has 1 aliphatic rings. The maximum Gasteiger partial charge on any atom is 0.254 e. The monoisotopic (exact) mass is 311 g/mol. The number of methoxy groups -OCH3 is 2. The van der Waals surface area contributed by atoms with E-state index in [0.29, 0.717) is 34.7 Å². The van der Waals surface area contributed by atoms with Crippen LogP contribution in [0.1, 0.15) is 43.0 Å². The van der Waals surface area contributed by atoms with Crippen LogP contribution in [0.4, 0.5) is 0 Å². The fourth-order valence-electron chi connectivity index (χ4n) is 2.99. The third kappa shape index (κ3) is 3.26. The van der Waals surface area contributed by atoms with Crippen LogP contribution in [-0.2, 0) is 0 Å². The molecule has 1 aliphatic carbocycles. The van der Waals surface area contributed by atoms with E-state index in [9.17, 15) is 4.79 Å². The summed E-state index contributed by atoms with van der Waals surface area (Å²) in [6.45, 7) is 2.72. The van der Waals surface area contributed by atoms with Crippen LogP contribution >= 0.6 is 11.6 Å². The molecule has 1 amide bonds. The largest absolute Gasteiger partial charge is 0.493 e. The summed E-state index contributed by atoms with van der Waals surface area (Å²) >= 11 is 6.19. The molecule has 0 unspecified atom stereocenters. The number of hydrogen-bond donors (Lipinski definition) is 0. The molecule has 0 atom stereocenters. The Balaban J connectivity index is 2.31. The van der Waals surface area contributed by atoms with Crippen molar-refractivity contribution in [3.05, 3.63) is 22.7 Å². The molecule has 0 aromatic heterocycles. The van der Waals surface area contributed by atoms with E-state index in [4.69, 9.17) is 21.1 Å². The fraction of sp³-hybridized carbons (Fsp3) is 0.562. The highest BCUT2D eigenvalue weighted by Gasteiger charge is 2.27. The smallest absolute Gasteiger partial charge is 0.254 e. The molecule has 0 N–H and O–H groups in total. The van der Waals surface area contributed by atoms with Crippen molar-refractivity contribution in [2.45, 2.75) is 38.6 Å². The van der Waals surface area contributed by atoms with Gasteiger partial charge < -0.3 is 14.4 Å². The zero-order chi connectivity index (χ0) is 15.4. The van der Waals surface area contributed by atoms with Gasteiger partial charge in [0, 0.05) is 18.2 Å². The SMILES string of the molecule is CCN(C(=O)c1cc(Cl)c(OC)c(OC)c1)C1CCCC1. The van der Waals surface area contributed by atoms with Gasteiger partial charge in [-0.15, -0.1) is 0 Å². The van der Waals surface area contributed by atoms with Crippen LogP contribution in [0.15, 0.2) is 12.1 Å². The Morgan fingerprint density at radius 2 is 1.95 bits per heavy atom. The maximum absolute atomic E-state index is 12.8. The maximum atomic E-state index is 12.8. The first-order chi connectivity index (χ1) is 10.1. The summed E-state index contributed by atoms with van der Waals surface area (Å²) in [4.78, 5) is 14.7. The number of halogens is 1. The van der Waals surface area contributed by atoms with Crippen LogP contribution in [-0.4, -0.2) is 37.6 Å². The Morgan fingerprint density at radius 1 is 1.29 bits per heavy atom. The average Bonchev–Trinajstić information content (AvgIpc) is 3.01. The van der Waals surface area contributed by atoms with Gasteiger partial charge in [-0.2, -0.15) is 0 Å². The molecule has 21 heavy (non-hydrogen) atoms. The highest BCUT2D eigenvalue weighted by Crippen LogP contribution is 2.36. The van der Waals surface area contributed by atoms with E-state index in [-0.39, 0.29) is 5.91 Å². The summed E-state index contributed by atoms with van der Waals surface area (Å²) in [6, 6.07) is 3.70. The predicted octanol–water partition coefficient (Wildman–Crippen LogP) is 3.76. The van der Waals surface area contributed by atoms with Crippen LogP contribution in [0.3, 0.4) is 0 Å². The van der Waals surface area contributed by atoms with Crippen molar-refractivity contribution in [3.63, 3.8) is 0 Å². The number of nitrogens with zero attached hydrogens (tertiary/aromatic N) is 1. The summed E-state index contributed by atoms with van der Waals surface area (Å²) in [5.41, 5.74) is 0.548. The number of hydrogen-bond acceptors (Lipinski definition) is 3. The summed E-state index contributed by atoms with van der Waals surface area (Å²) in [5.74, 6) is 0.947. The van der Waals surface area contributed by atoms with Crippen LogP contribution in [0.2, 0.25) is 5.02 Å². The molecule has 1 aromatic rings. The van der Waals surface area contributed by atoms with Crippen molar-refractivity contribution >= 4 is 17.5 Å². The molecule has 1 fully saturated rings. The minimum atomic E-state index is 0.00672.